The van der Waals surface area contributed by atoms with Gasteiger partial charge >= 0.3 is 0 Å². The Morgan fingerprint density at radius 1 is 0.952 bits per heavy atom. The van der Waals surface area contributed by atoms with E-state index in [0.717, 1.165) is 19.5 Å². The largest absolute Gasteiger partial charge is 0.355 e. The first-order valence-electron chi connectivity index (χ1n) is 9.11. The Labute approximate surface area is 130 Å². The minimum Gasteiger partial charge on any atom is -0.355 e. The normalized spacial score (nSPS) is 27.0. The van der Waals surface area contributed by atoms with Crippen LogP contribution in [-0.4, -0.2) is 25.0 Å². The van der Waals surface area contributed by atoms with Crippen molar-refractivity contribution in [1.29, 1.82) is 0 Å². The maximum absolute atomic E-state index is 12.4. The number of hydrogen-bond donors (Lipinski definition) is 2. The van der Waals surface area contributed by atoms with Gasteiger partial charge < -0.3 is 10.6 Å². The molecular weight excluding hydrogens is 260 g/mol. The zero-order valence-electron chi connectivity index (χ0n) is 14.0. The molecule has 0 bridgehead atoms. The van der Waals surface area contributed by atoms with Gasteiger partial charge in [0, 0.05) is 25.0 Å². The molecule has 0 radical (unpaired) electrons. The van der Waals surface area contributed by atoms with E-state index >= 15 is 0 Å². The molecule has 2 saturated carbocycles. The van der Waals surface area contributed by atoms with Crippen molar-refractivity contribution in [3.8, 4) is 0 Å². The highest BCUT2D eigenvalue weighted by molar-refractivity contribution is 5.79. The third-order valence-electron chi connectivity index (χ3n) is 5.54. The smallest absolute Gasteiger partial charge is 0.223 e. The maximum atomic E-state index is 12.4. The number of carbonyl (C=O) groups excluding carboxylic acids is 1. The summed E-state index contributed by atoms with van der Waals surface area (Å²) in [7, 11) is 0. The predicted molar refractivity (Wildman–Crippen MR) is 88.2 cm³/mol. The third-order valence-corrected chi connectivity index (χ3v) is 5.54. The Morgan fingerprint density at radius 2 is 1.62 bits per heavy atom. The van der Waals surface area contributed by atoms with Crippen molar-refractivity contribution in [2.45, 2.75) is 84.1 Å². The second-order valence-corrected chi connectivity index (χ2v) is 7.72. The molecule has 2 N–H and O–H groups in total. The second kappa shape index (κ2) is 8.17. The number of carbonyl (C=O) groups is 1. The molecule has 3 nitrogen and oxygen atoms in total. The van der Waals surface area contributed by atoms with Crippen LogP contribution in [0.2, 0.25) is 0 Å². The van der Waals surface area contributed by atoms with Crippen LogP contribution in [0.5, 0.6) is 0 Å². The van der Waals surface area contributed by atoms with Crippen molar-refractivity contribution >= 4 is 5.91 Å². The maximum Gasteiger partial charge on any atom is 0.223 e. The summed E-state index contributed by atoms with van der Waals surface area (Å²) in [5, 5.41) is 6.79. The van der Waals surface area contributed by atoms with E-state index in [9.17, 15) is 4.79 Å². The van der Waals surface area contributed by atoms with Crippen LogP contribution in [0.15, 0.2) is 0 Å². The zero-order valence-corrected chi connectivity index (χ0v) is 14.0. The molecular formula is C18H34N2O. The standard InChI is InChI=1S/C18H34N2O/c1-18(2)12-8-7-11-16(18)17(21)20-14-13-19-15-9-5-3-4-6-10-15/h15-16,19H,3-14H2,1-2H3,(H,20,21). The molecule has 0 aliphatic heterocycles. The molecule has 3 heteroatoms. The Morgan fingerprint density at radius 3 is 2.29 bits per heavy atom. The third kappa shape index (κ3) is 5.28. The number of nitrogens with one attached hydrogen (secondary N) is 2. The van der Waals surface area contributed by atoms with Gasteiger partial charge in [-0.1, -0.05) is 52.4 Å². The Balaban J connectivity index is 1.64. The van der Waals surface area contributed by atoms with Crippen LogP contribution < -0.4 is 10.6 Å². The molecule has 0 aromatic heterocycles. The van der Waals surface area contributed by atoms with Crippen molar-refractivity contribution in [3.05, 3.63) is 0 Å². The average Bonchev–Trinajstić information content (AvgIpc) is 2.71. The van der Waals surface area contributed by atoms with Crippen LogP contribution in [0.25, 0.3) is 0 Å². The molecule has 122 valence electrons. The van der Waals surface area contributed by atoms with Gasteiger partial charge in [-0.2, -0.15) is 0 Å². The predicted octanol–water partition coefficient (Wildman–Crippen LogP) is 3.63. The molecule has 2 rings (SSSR count). The van der Waals surface area contributed by atoms with Crippen molar-refractivity contribution in [2.24, 2.45) is 11.3 Å². The van der Waals surface area contributed by atoms with Gasteiger partial charge in [0.1, 0.15) is 0 Å². The minimum atomic E-state index is 0.178. The van der Waals surface area contributed by atoms with Crippen molar-refractivity contribution in [2.75, 3.05) is 13.1 Å². The summed E-state index contributed by atoms with van der Waals surface area (Å²) in [6.07, 6.45) is 12.9. The SMILES string of the molecule is CC1(C)CCCCC1C(=O)NCCNC1CCCCCC1. The number of hydrogen-bond acceptors (Lipinski definition) is 2. The van der Waals surface area contributed by atoms with E-state index in [1.807, 2.05) is 0 Å². The highest BCUT2D eigenvalue weighted by atomic mass is 16.1. The molecule has 21 heavy (non-hydrogen) atoms. The van der Waals surface area contributed by atoms with E-state index in [0.29, 0.717) is 6.04 Å². The van der Waals surface area contributed by atoms with Crippen molar-refractivity contribution < 1.29 is 4.79 Å². The van der Waals surface area contributed by atoms with E-state index in [-0.39, 0.29) is 17.2 Å². The highest BCUT2D eigenvalue weighted by Crippen LogP contribution is 2.40. The lowest BCUT2D eigenvalue weighted by Crippen LogP contribution is -2.44. The summed E-state index contributed by atoms with van der Waals surface area (Å²) in [6, 6.07) is 0.676. The molecule has 1 amide bonds. The summed E-state index contributed by atoms with van der Waals surface area (Å²) in [4.78, 5) is 12.4. The molecule has 1 unspecified atom stereocenters. The summed E-state index contributed by atoms with van der Waals surface area (Å²) in [6.45, 7) is 6.20. The monoisotopic (exact) mass is 294 g/mol. The molecule has 0 aromatic carbocycles. The van der Waals surface area contributed by atoms with Gasteiger partial charge in [-0.15, -0.1) is 0 Å². The Bertz CT molecular complexity index is 319. The quantitative estimate of drug-likeness (QED) is 0.600. The molecule has 1 atom stereocenters. The van der Waals surface area contributed by atoms with Crippen LogP contribution in [0.4, 0.5) is 0 Å². The summed E-state index contributed by atoms with van der Waals surface area (Å²) in [5.41, 5.74) is 0.178. The van der Waals surface area contributed by atoms with Gasteiger partial charge in [-0.3, -0.25) is 4.79 Å². The van der Waals surface area contributed by atoms with Crippen molar-refractivity contribution in [3.63, 3.8) is 0 Å². The fourth-order valence-corrected chi connectivity index (χ4v) is 4.05. The lowest BCUT2D eigenvalue weighted by molar-refractivity contribution is -0.130. The van der Waals surface area contributed by atoms with Crippen LogP contribution in [0, 0.1) is 11.3 Å². The summed E-state index contributed by atoms with van der Waals surface area (Å²) in [5.74, 6) is 0.492. The highest BCUT2D eigenvalue weighted by Gasteiger charge is 2.36. The molecule has 2 aliphatic carbocycles. The minimum absolute atomic E-state index is 0.178. The molecule has 2 aliphatic rings. The average molecular weight is 294 g/mol. The molecule has 0 saturated heterocycles. The summed E-state index contributed by atoms with van der Waals surface area (Å²) >= 11 is 0. The molecule has 0 spiro atoms. The zero-order chi connectivity index (χ0) is 15.1. The Hall–Kier alpha value is -0.570. The number of amides is 1. The van der Waals surface area contributed by atoms with E-state index in [1.165, 1.54) is 57.8 Å². The first kappa shape index (κ1) is 16.8. The van der Waals surface area contributed by atoms with Gasteiger partial charge in [-0.25, -0.2) is 0 Å². The number of rotatable bonds is 5. The van der Waals surface area contributed by atoms with Crippen LogP contribution in [0.3, 0.4) is 0 Å². The van der Waals surface area contributed by atoms with Crippen molar-refractivity contribution in [1.82, 2.24) is 10.6 Å². The molecule has 0 aromatic rings. The van der Waals surface area contributed by atoms with E-state index in [2.05, 4.69) is 24.5 Å². The molecule has 2 fully saturated rings. The van der Waals surface area contributed by atoms with Crippen LogP contribution in [0.1, 0.15) is 78.1 Å². The second-order valence-electron chi connectivity index (χ2n) is 7.72. The van der Waals surface area contributed by atoms with Crippen LogP contribution >= 0.6 is 0 Å². The first-order valence-corrected chi connectivity index (χ1v) is 9.11. The lowest BCUT2D eigenvalue weighted by Gasteiger charge is -2.37. The fourth-order valence-electron chi connectivity index (χ4n) is 4.05. The fraction of sp³-hybridized carbons (Fsp3) is 0.944. The molecule has 0 heterocycles. The van der Waals surface area contributed by atoms with Gasteiger partial charge in [-0.05, 0) is 31.1 Å². The van der Waals surface area contributed by atoms with Gasteiger partial charge in [0.25, 0.3) is 0 Å². The van der Waals surface area contributed by atoms with Gasteiger partial charge in [0.15, 0.2) is 0 Å². The van der Waals surface area contributed by atoms with Crippen LogP contribution in [-0.2, 0) is 4.79 Å². The lowest BCUT2D eigenvalue weighted by atomic mass is 9.68. The van der Waals surface area contributed by atoms with E-state index in [4.69, 9.17) is 0 Å². The van der Waals surface area contributed by atoms with E-state index in [1.54, 1.807) is 0 Å². The van der Waals surface area contributed by atoms with E-state index < -0.39 is 0 Å². The first-order chi connectivity index (χ1) is 10.1. The summed E-state index contributed by atoms with van der Waals surface area (Å²) < 4.78 is 0. The Kier molecular flexibility index (Phi) is 6.53. The topological polar surface area (TPSA) is 41.1 Å². The van der Waals surface area contributed by atoms with Gasteiger partial charge in [0.05, 0.1) is 0 Å². The van der Waals surface area contributed by atoms with Gasteiger partial charge in [0.2, 0.25) is 5.91 Å².